The van der Waals surface area contributed by atoms with Gasteiger partial charge in [-0.15, -0.1) is 0 Å². The minimum absolute atomic E-state index is 0.143. The summed E-state index contributed by atoms with van der Waals surface area (Å²) in [5.41, 5.74) is 1.14. The maximum atomic E-state index is 5.72. The molecule has 0 bridgehead atoms. The molecule has 0 fully saturated rings. The molecule has 164 valence electrons. The van der Waals surface area contributed by atoms with E-state index in [1.807, 2.05) is 42.5 Å². The molecule has 2 aromatic rings. The number of rotatable bonds is 11. The molecule has 0 saturated heterocycles. The molecule has 0 aliphatic heterocycles. The molecule has 0 amide bonds. The molecule has 0 aromatic heterocycles. The van der Waals surface area contributed by atoms with E-state index in [-0.39, 0.29) is 6.04 Å². The zero-order chi connectivity index (χ0) is 21.8. The Morgan fingerprint density at radius 3 is 2.37 bits per heavy atom. The van der Waals surface area contributed by atoms with Crippen LogP contribution >= 0.6 is 0 Å². The normalized spacial score (nSPS) is 12.4. The molecule has 2 aromatic carbocycles. The zero-order valence-corrected chi connectivity index (χ0v) is 18.6. The number of aliphatic imine (C=N–C) groups is 1. The van der Waals surface area contributed by atoms with E-state index in [9.17, 15) is 0 Å². The van der Waals surface area contributed by atoms with Gasteiger partial charge in [-0.05, 0) is 50.3 Å². The van der Waals surface area contributed by atoms with Crippen molar-refractivity contribution in [3.63, 3.8) is 0 Å². The summed E-state index contributed by atoms with van der Waals surface area (Å²) in [7, 11) is 9.18. The molecule has 2 rings (SSSR count). The Bertz CT molecular complexity index is 781. The highest BCUT2D eigenvalue weighted by Gasteiger charge is 2.17. The molecule has 0 aliphatic rings. The van der Waals surface area contributed by atoms with Crippen LogP contribution in [-0.2, 0) is 0 Å². The van der Waals surface area contributed by atoms with Gasteiger partial charge in [-0.1, -0.05) is 24.3 Å². The van der Waals surface area contributed by atoms with Crippen molar-refractivity contribution in [1.82, 2.24) is 15.5 Å². The largest absolute Gasteiger partial charge is 0.494 e. The summed E-state index contributed by atoms with van der Waals surface area (Å²) in [5, 5.41) is 6.75. The van der Waals surface area contributed by atoms with E-state index in [4.69, 9.17) is 14.2 Å². The van der Waals surface area contributed by atoms with E-state index in [2.05, 4.69) is 40.7 Å². The summed E-state index contributed by atoms with van der Waals surface area (Å²) in [5.74, 6) is 3.11. The maximum absolute atomic E-state index is 5.72. The van der Waals surface area contributed by atoms with Crippen LogP contribution in [-0.4, -0.2) is 65.9 Å². The average Bonchev–Trinajstić information content (AvgIpc) is 2.77. The van der Waals surface area contributed by atoms with Gasteiger partial charge in [0.15, 0.2) is 17.5 Å². The first-order valence-electron chi connectivity index (χ1n) is 10.1. The monoisotopic (exact) mass is 414 g/mol. The molecule has 2 N–H and O–H groups in total. The second-order valence-corrected chi connectivity index (χ2v) is 6.99. The van der Waals surface area contributed by atoms with Crippen molar-refractivity contribution in [3.05, 3.63) is 54.1 Å². The van der Waals surface area contributed by atoms with Crippen molar-refractivity contribution in [3.8, 4) is 17.2 Å². The van der Waals surface area contributed by atoms with Crippen molar-refractivity contribution < 1.29 is 14.2 Å². The fourth-order valence-electron chi connectivity index (χ4n) is 3.06. The molecule has 7 nitrogen and oxygen atoms in total. The van der Waals surface area contributed by atoms with E-state index < -0.39 is 0 Å². The van der Waals surface area contributed by atoms with Gasteiger partial charge in [0.2, 0.25) is 0 Å². The van der Waals surface area contributed by atoms with E-state index in [0.717, 1.165) is 41.7 Å². The molecule has 1 unspecified atom stereocenters. The number of guanidine groups is 1. The summed E-state index contributed by atoms with van der Waals surface area (Å²) in [6, 6.07) is 16.0. The number of methoxy groups -OCH3 is 2. The van der Waals surface area contributed by atoms with Gasteiger partial charge in [-0.2, -0.15) is 0 Å². The van der Waals surface area contributed by atoms with Gasteiger partial charge in [-0.3, -0.25) is 4.99 Å². The van der Waals surface area contributed by atoms with Gasteiger partial charge in [0.05, 0.1) is 26.9 Å². The first-order valence-corrected chi connectivity index (χ1v) is 10.1. The number of para-hydroxylation sites is 1. The van der Waals surface area contributed by atoms with Gasteiger partial charge in [-0.25, -0.2) is 0 Å². The predicted octanol–water partition coefficient (Wildman–Crippen LogP) is 2.94. The lowest BCUT2D eigenvalue weighted by Gasteiger charge is -2.26. The highest BCUT2D eigenvalue weighted by Crippen LogP contribution is 2.31. The molecule has 7 heteroatoms. The quantitative estimate of drug-likeness (QED) is 0.335. The number of nitrogens with zero attached hydrogens (tertiary/aromatic N) is 2. The number of ether oxygens (including phenoxy) is 3. The van der Waals surface area contributed by atoms with Crippen LogP contribution in [0.5, 0.6) is 17.2 Å². The van der Waals surface area contributed by atoms with Crippen molar-refractivity contribution >= 4 is 5.96 Å². The summed E-state index contributed by atoms with van der Waals surface area (Å²) < 4.78 is 16.5. The van der Waals surface area contributed by atoms with Crippen LogP contribution in [0, 0.1) is 0 Å². The Morgan fingerprint density at radius 1 is 1.00 bits per heavy atom. The van der Waals surface area contributed by atoms with E-state index in [1.54, 1.807) is 21.3 Å². The molecule has 30 heavy (non-hydrogen) atoms. The first-order chi connectivity index (χ1) is 14.6. The third kappa shape index (κ3) is 7.15. The number of hydrogen-bond acceptors (Lipinski definition) is 5. The Kier molecular flexibility index (Phi) is 9.80. The zero-order valence-electron chi connectivity index (χ0n) is 18.6. The smallest absolute Gasteiger partial charge is 0.191 e. The Hall–Kier alpha value is -2.93. The first kappa shape index (κ1) is 23.3. The maximum Gasteiger partial charge on any atom is 0.191 e. The fraction of sp³-hybridized carbons (Fsp3) is 0.435. The average molecular weight is 415 g/mol. The summed E-state index contributed by atoms with van der Waals surface area (Å²) >= 11 is 0. The molecule has 0 aliphatic carbocycles. The molecule has 0 radical (unpaired) electrons. The van der Waals surface area contributed by atoms with Crippen molar-refractivity contribution in [2.45, 2.75) is 12.5 Å². The molecular formula is C23H34N4O3. The highest BCUT2D eigenvalue weighted by atomic mass is 16.5. The SMILES string of the molecule is CN=C(NCCCOc1ccccc1)NCC(c1ccc(OC)c(OC)c1)N(C)C. The van der Waals surface area contributed by atoms with E-state index in [1.165, 1.54) is 0 Å². The number of nitrogens with one attached hydrogen (secondary N) is 2. The van der Waals surface area contributed by atoms with Gasteiger partial charge in [0.25, 0.3) is 0 Å². The predicted molar refractivity (Wildman–Crippen MR) is 122 cm³/mol. The van der Waals surface area contributed by atoms with Gasteiger partial charge < -0.3 is 29.7 Å². The van der Waals surface area contributed by atoms with Crippen molar-refractivity contribution in [2.75, 3.05) is 55.1 Å². The third-order valence-corrected chi connectivity index (χ3v) is 4.73. The lowest BCUT2D eigenvalue weighted by Crippen LogP contribution is -2.42. The molecular weight excluding hydrogens is 380 g/mol. The number of hydrogen-bond donors (Lipinski definition) is 2. The Labute approximate surface area is 180 Å². The minimum Gasteiger partial charge on any atom is -0.494 e. The van der Waals surface area contributed by atoms with Crippen LogP contribution in [0.25, 0.3) is 0 Å². The van der Waals surface area contributed by atoms with Crippen LogP contribution in [0.4, 0.5) is 0 Å². The van der Waals surface area contributed by atoms with Gasteiger partial charge in [0, 0.05) is 20.1 Å². The molecule has 1 atom stereocenters. The van der Waals surface area contributed by atoms with Crippen LogP contribution < -0.4 is 24.8 Å². The number of likely N-dealkylation sites (N-methyl/N-ethyl adjacent to an activating group) is 1. The van der Waals surface area contributed by atoms with Crippen molar-refractivity contribution in [2.24, 2.45) is 4.99 Å². The molecule has 0 saturated carbocycles. The lowest BCUT2D eigenvalue weighted by molar-refractivity contribution is 0.295. The topological polar surface area (TPSA) is 67.4 Å². The molecule has 0 spiro atoms. The van der Waals surface area contributed by atoms with Crippen LogP contribution in [0.3, 0.4) is 0 Å². The third-order valence-electron chi connectivity index (χ3n) is 4.73. The summed E-state index contributed by atoms with van der Waals surface area (Å²) in [6.07, 6.45) is 0.877. The van der Waals surface area contributed by atoms with Crippen LogP contribution in [0.2, 0.25) is 0 Å². The Balaban J connectivity index is 1.83. The van der Waals surface area contributed by atoms with Crippen LogP contribution in [0.15, 0.2) is 53.5 Å². The van der Waals surface area contributed by atoms with Crippen molar-refractivity contribution in [1.29, 1.82) is 0 Å². The second kappa shape index (κ2) is 12.6. The number of benzene rings is 2. The standard InChI is InChI=1S/C23H34N4O3/c1-24-23(25-14-9-15-30-19-10-7-6-8-11-19)26-17-20(27(2)3)18-12-13-21(28-4)22(16-18)29-5/h6-8,10-13,16,20H,9,14-15,17H2,1-5H3,(H2,24,25,26). The summed E-state index contributed by atoms with van der Waals surface area (Å²) in [4.78, 5) is 6.48. The van der Waals surface area contributed by atoms with Gasteiger partial charge >= 0.3 is 0 Å². The summed E-state index contributed by atoms with van der Waals surface area (Å²) in [6.45, 7) is 2.12. The van der Waals surface area contributed by atoms with E-state index in [0.29, 0.717) is 13.2 Å². The van der Waals surface area contributed by atoms with Crippen LogP contribution in [0.1, 0.15) is 18.0 Å². The lowest BCUT2D eigenvalue weighted by atomic mass is 10.1. The second-order valence-electron chi connectivity index (χ2n) is 6.99. The minimum atomic E-state index is 0.143. The highest BCUT2D eigenvalue weighted by molar-refractivity contribution is 5.79. The fourth-order valence-corrected chi connectivity index (χ4v) is 3.06. The Morgan fingerprint density at radius 2 is 1.73 bits per heavy atom. The van der Waals surface area contributed by atoms with Gasteiger partial charge in [0.1, 0.15) is 5.75 Å². The molecule has 0 heterocycles. The van der Waals surface area contributed by atoms with E-state index >= 15 is 0 Å².